The van der Waals surface area contributed by atoms with Crippen LogP contribution in [-0.2, 0) is 4.79 Å². The number of carbonyl (C=O) groups is 1. The Balaban J connectivity index is 1.62. The largest absolute Gasteiger partial charge is 0.494 e. The molecule has 0 radical (unpaired) electrons. The number of ether oxygens (including phenoxy) is 1. The first-order chi connectivity index (χ1) is 15.9. The van der Waals surface area contributed by atoms with Crippen molar-refractivity contribution < 1.29 is 19.6 Å². The molecule has 0 fully saturated rings. The Kier molecular flexibility index (Phi) is 8.16. The van der Waals surface area contributed by atoms with Crippen molar-refractivity contribution in [3.8, 4) is 5.75 Å². The maximum atomic E-state index is 13.0. The van der Waals surface area contributed by atoms with E-state index in [4.69, 9.17) is 4.74 Å². The molecule has 0 aromatic heterocycles. The minimum Gasteiger partial charge on any atom is -0.494 e. The fourth-order valence-corrected chi connectivity index (χ4v) is 3.77. The highest BCUT2D eigenvalue weighted by molar-refractivity contribution is 5.77. The average molecular weight is 449 g/mol. The Bertz CT molecular complexity index is 1030. The molecule has 3 rings (SSSR count). The molecular weight excluding hydrogens is 420 g/mol. The zero-order valence-electron chi connectivity index (χ0n) is 18.8. The second-order valence-electron chi connectivity index (χ2n) is 7.83. The Morgan fingerprint density at radius 3 is 2.12 bits per heavy atom. The van der Waals surface area contributed by atoms with Gasteiger partial charge in [-0.2, -0.15) is 0 Å². The number of benzene rings is 3. The number of nitro groups is 1. The molecule has 1 amide bonds. The molecule has 0 aliphatic rings. The summed E-state index contributed by atoms with van der Waals surface area (Å²) < 4.78 is 5.69. The van der Waals surface area contributed by atoms with Gasteiger partial charge in [0.15, 0.2) is 0 Å². The van der Waals surface area contributed by atoms with Crippen LogP contribution in [0, 0.1) is 10.1 Å². The van der Waals surface area contributed by atoms with E-state index >= 15 is 0 Å². The van der Waals surface area contributed by atoms with Crippen molar-refractivity contribution in [3.63, 3.8) is 0 Å². The molecule has 0 bridgehead atoms. The topological polar surface area (TPSA) is 92.9 Å². The molecule has 0 aliphatic carbocycles. The van der Waals surface area contributed by atoms with Gasteiger partial charge in [-0.25, -0.2) is 0 Å². The molecule has 172 valence electrons. The zero-order valence-corrected chi connectivity index (χ0v) is 18.8. The lowest BCUT2D eigenvalue weighted by Crippen LogP contribution is -2.32. The second-order valence-corrected chi connectivity index (χ2v) is 7.83. The summed E-state index contributed by atoms with van der Waals surface area (Å²) in [6.45, 7) is 1.74. The van der Waals surface area contributed by atoms with Gasteiger partial charge < -0.3 is 14.7 Å². The summed E-state index contributed by atoms with van der Waals surface area (Å²) in [5.41, 5.74) is 2.11. The Hall–Kier alpha value is -3.71. The van der Waals surface area contributed by atoms with Gasteiger partial charge in [-0.05, 0) is 36.6 Å². The summed E-state index contributed by atoms with van der Waals surface area (Å²) in [7, 11) is 1.80. The van der Waals surface area contributed by atoms with E-state index in [1.807, 2.05) is 60.7 Å². The Labute approximate surface area is 193 Å². The maximum absolute atomic E-state index is 13.0. The molecule has 3 aromatic rings. The monoisotopic (exact) mass is 448 g/mol. The van der Waals surface area contributed by atoms with Crippen molar-refractivity contribution in [1.82, 2.24) is 4.90 Å². The van der Waals surface area contributed by atoms with Crippen LogP contribution in [0.15, 0.2) is 78.9 Å². The Morgan fingerprint density at radius 2 is 1.61 bits per heavy atom. The van der Waals surface area contributed by atoms with Crippen LogP contribution in [0.1, 0.15) is 48.6 Å². The van der Waals surface area contributed by atoms with E-state index in [1.54, 1.807) is 11.9 Å². The number of aliphatic hydroxyl groups excluding tert-OH is 1. The Morgan fingerprint density at radius 1 is 1.03 bits per heavy atom. The number of carbonyl (C=O) groups excluding carboxylic acids is 1. The maximum Gasteiger partial charge on any atom is 0.275 e. The molecule has 7 nitrogen and oxygen atoms in total. The summed E-state index contributed by atoms with van der Waals surface area (Å²) in [5, 5.41) is 20.9. The van der Waals surface area contributed by atoms with Gasteiger partial charge in [0, 0.05) is 19.5 Å². The minimum absolute atomic E-state index is 0.00956. The molecular formula is C26H28N2O5. The van der Waals surface area contributed by atoms with Gasteiger partial charge in [-0.1, -0.05) is 60.7 Å². The molecule has 0 spiro atoms. The highest BCUT2D eigenvalue weighted by Crippen LogP contribution is 2.30. The van der Waals surface area contributed by atoms with E-state index in [-0.39, 0.29) is 29.8 Å². The lowest BCUT2D eigenvalue weighted by molar-refractivity contribution is -0.386. The fraction of sp³-hybridized carbons (Fsp3) is 0.269. The first-order valence-electron chi connectivity index (χ1n) is 10.8. The van der Waals surface area contributed by atoms with Gasteiger partial charge in [-0.15, -0.1) is 0 Å². The van der Waals surface area contributed by atoms with E-state index in [0.717, 1.165) is 11.1 Å². The van der Waals surface area contributed by atoms with Crippen molar-refractivity contribution >= 4 is 11.6 Å². The van der Waals surface area contributed by atoms with Crippen LogP contribution in [0.2, 0.25) is 0 Å². The molecule has 7 heteroatoms. The quantitative estimate of drug-likeness (QED) is 0.266. The fourth-order valence-electron chi connectivity index (χ4n) is 3.77. The van der Waals surface area contributed by atoms with Gasteiger partial charge >= 0.3 is 0 Å². The molecule has 1 unspecified atom stereocenters. The van der Waals surface area contributed by atoms with Gasteiger partial charge in [0.2, 0.25) is 5.91 Å². The number of rotatable bonds is 10. The van der Waals surface area contributed by atoms with Gasteiger partial charge in [0.25, 0.3) is 5.69 Å². The van der Waals surface area contributed by atoms with Crippen molar-refractivity contribution in [3.05, 3.63) is 106 Å². The highest BCUT2D eigenvalue weighted by Gasteiger charge is 2.23. The normalized spacial score (nSPS) is 11.8. The van der Waals surface area contributed by atoms with E-state index in [9.17, 15) is 20.0 Å². The third-order valence-electron chi connectivity index (χ3n) is 5.46. The molecule has 3 aromatic carbocycles. The molecule has 0 aliphatic heterocycles. The number of hydrogen-bond acceptors (Lipinski definition) is 5. The third-order valence-corrected chi connectivity index (χ3v) is 5.46. The van der Waals surface area contributed by atoms with Crippen LogP contribution >= 0.6 is 0 Å². The van der Waals surface area contributed by atoms with Crippen molar-refractivity contribution in [2.24, 2.45) is 0 Å². The molecule has 0 heterocycles. The number of aliphatic hydroxyl groups is 1. The summed E-state index contributed by atoms with van der Waals surface area (Å²) in [6.07, 6.45) is -0.208. The summed E-state index contributed by atoms with van der Waals surface area (Å²) in [5.74, 6) is 0.411. The molecule has 33 heavy (non-hydrogen) atoms. The zero-order chi connectivity index (χ0) is 23.8. The van der Waals surface area contributed by atoms with Gasteiger partial charge in [0.1, 0.15) is 5.75 Å². The minimum atomic E-state index is -0.989. The predicted molar refractivity (Wildman–Crippen MR) is 126 cm³/mol. The number of nitro benzene ring substituents is 1. The van der Waals surface area contributed by atoms with Crippen LogP contribution in [0.5, 0.6) is 5.75 Å². The number of nitrogens with zero attached hydrogens (tertiary/aromatic N) is 2. The lowest BCUT2D eigenvalue weighted by atomic mass is 9.97. The molecule has 0 saturated carbocycles. The highest BCUT2D eigenvalue weighted by atomic mass is 16.6. The van der Waals surface area contributed by atoms with Crippen LogP contribution in [0.25, 0.3) is 0 Å². The predicted octanol–water partition coefficient (Wildman–Crippen LogP) is 5.06. The van der Waals surface area contributed by atoms with Crippen LogP contribution < -0.4 is 4.74 Å². The van der Waals surface area contributed by atoms with Crippen LogP contribution in [0.4, 0.5) is 5.69 Å². The first kappa shape index (κ1) is 23.9. The van der Waals surface area contributed by atoms with Crippen LogP contribution in [0.3, 0.4) is 0 Å². The van der Waals surface area contributed by atoms with Gasteiger partial charge in [0.05, 0.1) is 29.2 Å². The second kappa shape index (κ2) is 11.2. The van der Waals surface area contributed by atoms with Gasteiger partial charge in [-0.3, -0.25) is 14.9 Å². The van der Waals surface area contributed by atoms with E-state index < -0.39 is 11.0 Å². The van der Waals surface area contributed by atoms with Crippen molar-refractivity contribution in [2.45, 2.75) is 31.9 Å². The van der Waals surface area contributed by atoms with E-state index in [0.29, 0.717) is 18.6 Å². The number of hydrogen-bond donors (Lipinski definition) is 1. The molecule has 0 saturated heterocycles. The van der Waals surface area contributed by atoms with E-state index in [2.05, 4.69) is 0 Å². The third kappa shape index (κ3) is 6.17. The first-order valence-corrected chi connectivity index (χ1v) is 10.8. The molecule has 1 N–H and O–H groups in total. The average Bonchev–Trinajstić information content (AvgIpc) is 2.83. The van der Waals surface area contributed by atoms with E-state index in [1.165, 1.54) is 25.1 Å². The van der Waals surface area contributed by atoms with Crippen molar-refractivity contribution in [2.75, 3.05) is 13.7 Å². The van der Waals surface area contributed by atoms with Crippen LogP contribution in [-0.4, -0.2) is 34.5 Å². The smallest absolute Gasteiger partial charge is 0.275 e. The standard InChI is InChI=1S/C26H28N2O5/c1-19(29)23-18-22(15-16-24(23)28(31)32)33-17-9-14-25(30)27(2)26(20-10-5-3-6-11-20)21-12-7-4-8-13-21/h3-8,10-13,15-16,18-19,26,29H,9,14,17H2,1-2H3. The SMILES string of the molecule is CC(O)c1cc(OCCCC(=O)N(C)C(c2ccccc2)c2ccccc2)ccc1[N+](=O)[O-]. The molecule has 1 atom stereocenters. The summed E-state index contributed by atoms with van der Waals surface area (Å²) in [6, 6.07) is 23.9. The number of amides is 1. The van der Waals surface area contributed by atoms with Crippen molar-refractivity contribution in [1.29, 1.82) is 0 Å². The summed E-state index contributed by atoms with van der Waals surface area (Å²) >= 11 is 0. The summed E-state index contributed by atoms with van der Waals surface area (Å²) in [4.78, 5) is 25.3. The lowest BCUT2D eigenvalue weighted by Gasteiger charge is -2.29.